The standard InChI is InChI=1S/C24H19F6N3O/c25-23(26,27)17-9-10-20(33-12-1-2-13-33)19(14-17)32-22(34)16-7-5-15(6-8-16)21-18(24(28,29)30)4-3-11-31-21/h3-11,14H,1-2,12-13H2,(H,32,34). The minimum absolute atomic E-state index is 0.0230. The van der Waals surface area contributed by atoms with E-state index >= 15 is 0 Å². The monoisotopic (exact) mass is 479 g/mol. The van der Waals surface area contributed by atoms with Crippen LogP contribution in [-0.2, 0) is 12.4 Å². The van der Waals surface area contributed by atoms with Crippen molar-refractivity contribution in [2.75, 3.05) is 23.3 Å². The van der Waals surface area contributed by atoms with Gasteiger partial charge in [-0.1, -0.05) is 12.1 Å². The number of amides is 1. The first-order chi connectivity index (χ1) is 16.0. The second kappa shape index (κ2) is 9.00. The van der Waals surface area contributed by atoms with Crippen LogP contribution in [0.15, 0.2) is 60.8 Å². The van der Waals surface area contributed by atoms with E-state index in [4.69, 9.17) is 0 Å². The van der Waals surface area contributed by atoms with Crippen molar-refractivity contribution in [2.45, 2.75) is 25.2 Å². The van der Waals surface area contributed by atoms with Gasteiger partial charge in [-0.3, -0.25) is 9.78 Å². The van der Waals surface area contributed by atoms with Crippen LogP contribution in [0.25, 0.3) is 11.3 Å². The summed E-state index contributed by atoms with van der Waals surface area (Å²) < 4.78 is 79.6. The number of nitrogens with one attached hydrogen (secondary N) is 1. The van der Waals surface area contributed by atoms with Gasteiger partial charge in [0.15, 0.2) is 0 Å². The van der Waals surface area contributed by atoms with Crippen molar-refractivity contribution in [1.82, 2.24) is 4.98 Å². The minimum atomic E-state index is -4.60. The zero-order valence-electron chi connectivity index (χ0n) is 17.7. The van der Waals surface area contributed by atoms with Crippen LogP contribution in [-0.4, -0.2) is 24.0 Å². The third-order valence-corrected chi connectivity index (χ3v) is 5.55. The highest BCUT2D eigenvalue weighted by Gasteiger charge is 2.34. The maximum Gasteiger partial charge on any atom is 0.418 e. The first-order valence-corrected chi connectivity index (χ1v) is 10.4. The van der Waals surface area contributed by atoms with E-state index < -0.39 is 29.4 Å². The van der Waals surface area contributed by atoms with E-state index in [9.17, 15) is 31.1 Å². The van der Waals surface area contributed by atoms with Gasteiger partial charge in [-0.25, -0.2) is 0 Å². The Bertz CT molecular complexity index is 1180. The molecule has 1 N–H and O–H groups in total. The smallest absolute Gasteiger partial charge is 0.370 e. The Morgan fingerprint density at radius 2 is 1.56 bits per heavy atom. The lowest BCUT2D eigenvalue weighted by atomic mass is 10.0. The van der Waals surface area contributed by atoms with Gasteiger partial charge in [-0.05, 0) is 55.3 Å². The molecule has 0 bridgehead atoms. The number of aromatic nitrogens is 1. The van der Waals surface area contributed by atoms with E-state index in [1.807, 2.05) is 4.90 Å². The number of anilines is 2. The first kappa shape index (κ1) is 23.6. The molecule has 4 rings (SSSR count). The fourth-order valence-corrected chi connectivity index (χ4v) is 3.88. The zero-order valence-corrected chi connectivity index (χ0v) is 17.7. The molecule has 34 heavy (non-hydrogen) atoms. The number of rotatable bonds is 4. The number of nitrogens with zero attached hydrogens (tertiary/aromatic N) is 2. The van der Waals surface area contributed by atoms with E-state index in [2.05, 4.69) is 10.3 Å². The van der Waals surface area contributed by atoms with Gasteiger partial charge in [0, 0.05) is 30.4 Å². The lowest BCUT2D eigenvalue weighted by Crippen LogP contribution is -2.22. The second-order valence-electron chi connectivity index (χ2n) is 7.85. The highest BCUT2D eigenvalue weighted by atomic mass is 19.4. The maximum absolute atomic E-state index is 13.3. The van der Waals surface area contributed by atoms with Crippen LogP contribution in [0.2, 0.25) is 0 Å². The van der Waals surface area contributed by atoms with Gasteiger partial charge in [0.1, 0.15) is 0 Å². The molecular weight excluding hydrogens is 460 g/mol. The van der Waals surface area contributed by atoms with Crippen molar-refractivity contribution in [1.29, 1.82) is 0 Å². The molecular formula is C24H19F6N3O. The van der Waals surface area contributed by atoms with E-state index in [0.29, 0.717) is 18.8 Å². The van der Waals surface area contributed by atoms with Crippen LogP contribution in [0.4, 0.5) is 37.7 Å². The quantitative estimate of drug-likeness (QED) is 0.427. The Kier molecular flexibility index (Phi) is 6.24. The number of hydrogen-bond acceptors (Lipinski definition) is 3. The van der Waals surface area contributed by atoms with Gasteiger partial charge in [-0.15, -0.1) is 0 Å². The van der Waals surface area contributed by atoms with Crippen molar-refractivity contribution < 1.29 is 31.1 Å². The molecule has 178 valence electrons. The van der Waals surface area contributed by atoms with E-state index in [1.165, 1.54) is 42.6 Å². The van der Waals surface area contributed by atoms with Gasteiger partial charge in [0.2, 0.25) is 0 Å². The van der Waals surface area contributed by atoms with Crippen molar-refractivity contribution in [3.8, 4) is 11.3 Å². The normalized spacial score (nSPS) is 14.4. The topological polar surface area (TPSA) is 45.2 Å². The molecule has 10 heteroatoms. The van der Waals surface area contributed by atoms with Crippen molar-refractivity contribution in [2.24, 2.45) is 0 Å². The lowest BCUT2D eigenvalue weighted by molar-refractivity contribution is -0.138. The van der Waals surface area contributed by atoms with Crippen LogP contribution in [0.1, 0.15) is 34.3 Å². The molecule has 1 fully saturated rings. The third kappa shape index (κ3) is 5.00. The number of hydrogen-bond donors (Lipinski definition) is 1. The summed E-state index contributed by atoms with van der Waals surface area (Å²) in [5, 5.41) is 2.53. The molecule has 4 nitrogen and oxygen atoms in total. The number of benzene rings is 2. The van der Waals surface area contributed by atoms with Gasteiger partial charge < -0.3 is 10.2 Å². The van der Waals surface area contributed by atoms with Crippen LogP contribution >= 0.6 is 0 Å². The molecule has 1 aromatic heterocycles. The summed E-state index contributed by atoms with van der Waals surface area (Å²) in [6.07, 6.45) is -6.16. The molecule has 1 saturated heterocycles. The van der Waals surface area contributed by atoms with E-state index in [-0.39, 0.29) is 22.5 Å². The summed E-state index contributed by atoms with van der Waals surface area (Å²) >= 11 is 0. The summed E-state index contributed by atoms with van der Waals surface area (Å²) in [7, 11) is 0. The van der Waals surface area contributed by atoms with E-state index in [0.717, 1.165) is 31.0 Å². The summed E-state index contributed by atoms with van der Waals surface area (Å²) in [4.78, 5) is 18.5. The second-order valence-corrected chi connectivity index (χ2v) is 7.85. The molecule has 0 unspecified atom stereocenters. The lowest BCUT2D eigenvalue weighted by Gasteiger charge is -2.23. The van der Waals surface area contributed by atoms with Gasteiger partial charge in [0.05, 0.1) is 28.2 Å². The van der Waals surface area contributed by atoms with Crippen LogP contribution in [0.3, 0.4) is 0 Å². The molecule has 0 atom stereocenters. The Labute approximate surface area is 191 Å². The fourth-order valence-electron chi connectivity index (χ4n) is 3.88. The van der Waals surface area contributed by atoms with Gasteiger partial charge >= 0.3 is 12.4 Å². The van der Waals surface area contributed by atoms with Crippen molar-refractivity contribution >= 4 is 17.3 Å². The highest BCUT2D eigenvalue weighted by molar-refractivity contribution is 6.06. The number of alkyl halides is 6. The Morgan fingerprint density at radius 3 is 2.18 bits per heavy atom. The maximum atomic E-state index is 13.3. The number of carbonyl (C=O) groups excluding carboxylic acids is 1. The molecule has 2 heterocycles. The largest absolute Gasteiger partial charge is 0.418 e. The Morgan fingerprint density at radius 1 is 0.882 bits per heavy atom. The predicted molar refractivity (Wildman–Crippen MR) is 116 cm³/mol. The van der Waals surface area contributed by atoms with Crippen molar-refractivity contribution in [3.63, 3.8) is 0 Å². The number of carbonyl (C=O) groups is 1. The SMILES string of the molecule is O=C(Nc1cc(C(F)(F)F)ccc1N1CCCC1)c1ccc(-c2ncccc2C(F)(F)F)cc1. The molecule has 1 aliphatic rings. The molecule has 2 aromatic carbocycles. The molecule has 0 aliphatic carbocycles. The molecule has 3 aromatic rings. The Balaban J connectivity index is 1.61. The average Bonchev–Trinajstić information content (AvgIpc) is 3.33. The summed E-state index contributed by atoms with van der Waals surface area (Å²) in [5.74, 6) is -0.677. The van der Waals surface area contributed by atoms with Crippen LogP contribution < -0.4 is 10.2 Å². The van der Waals surface area contributed by atoms with Crippen LogP contribution in [0.5, 0.6) is 0 Å². The fraction of sp³-hybridized carbons (Fsp3) is 0.250. The molecule has 0 spiro atoms. The minimum Gasteiger partial charge on any atom is -0.370 e. The van der Waals surface area contributed by atoms with Crippen LogP contribution in [0, 0.1) is 0 Å². The van der Waals surface area contributed by atoms with E-state index in [1.54, 1.807) is 0 Å². The van der Waals surface area contributed by atoms with Gasteiger partial charge in [0.25, 0.3) is 5.91 Å². The molecule has 1 amide bonds. The zero-order chi connectivity index (χ0) is 24.5. The summed E-state index contributed by atoms with van der Waals surface area (Å²) in [5.41, 5.74) is -1.34. The molecule has 0 radical (unpaired) electrons. The first-order valence-electron chi connectivity index (χ1n) is 10.4. The van der Waals surface area contributed by atoms with Crippen molar-refractivity contribution in [3.05, 3.63) is 77.5 Å². The number of halogens is 6. The Hall–Kier alpha value is -3.56. The predicted octanol–water partition coefficient (Wildman–Crippen LogP) is 6.64. The summed E-state index contributed by atoms with van der Waals surface area (Å²) in [6, 6.07) is 10.6. The van der Waals surface area contributed by atoms with Gasteiger partial charge in [-0.2, -0.15) is 26.3 Å². The third-order valence-electron chi connectivity index (χ3n) is 5.55. The number of pyridine rings is 1. The summed E-state index contributed by atoms with van der Waals surface area (Å²) in [6.45, 7) is 1.32. The molecule has 0 saturated carbocycles. The highest BCUT2D eigenvalue weighted by Crippen LogP contribution is 2.38. The molecule has 1 aliphatic heterocycles. The average molecular weight is 479 g/mol.